The van der Waals surface area contributed by atoms with Crippen LogP contribution in [0.25, 0.3) is 0 Å². The van der Waals surface area contributed by atoms with Gasteiger partial charge >= 0.3 is 0 Å². The van der Waals surface area contributed by atoms with E-state index in [1.165, 1.54) is 0 Å². The maximum Gasteiger partial charge on any atom is -0.0106 e. The lowest BCUT2D eigenvalue weighted by Crippen LogP contribution is -1.87. The minimum Gasteiger partial charge on any atom is -0.331 e. The third-order valence-electron chi connectivity index (χ3n) is 0. The molecule has 0 rings (SSSR count). The fourth-order valence-electron chi connectivity index (χ4n) is 0. The first-order chi connectivity index (χ1) is 3.41. The zero-order valence-electron chi connectivity index (χ0n) is 5.11. The van der Waals surface area contributed by atoms with Crippen molar-refractivity contribution in [2.24, 2.45) is 5.73 Å². The number of hydrogen-bond acceptors (Lipinski definition) is 1. The number of rotatable bonds is 0. The van der Waals surface area contributed by atoms with E-state index < -0.39 is 0 Å². The Morgan fingerprint density at radius 3 is 1.14 bits per heavy atom. The summed E-state index contributed by atoms with van der Waals surface area (Å²) >= 11 is 0. The van der Waals surface area contributed by atoms with Crippen LogP contribution in [-0.4, -0.2) is 6.54 Å². The molecule has 0 radical (unpaired) electrons. The lowest BCUT2D eigenvalue weighted by molar-refractivity contribution is 1.14. The van der Waals surface area contributed by atoms with Gasteiger partial charge in [-0.15, -0.1) is 26.3 Å². The van der Waals surface area contributed by atoms with Gasteiger partial charge in [0.15, 0.2) is 0 Å². The van der Waals surface area contributed by atoms with Gasteiger partial charge in [0, 0.05) is 0 Å². The molecule has 0 unspecified atom stereocenters. The van der Waals surface area contributed by atoms with E-state index in [0.29, 0.717) is 0 Å². The van der Waals surface area contributed by atoms with Crippen LogP contribution in [0.5, 0.6) is 0 Å². The van der Waals surface area contributed by atoms with Crippen molar-refractivity contribution in [3.63, 3.8) is 0 Å². The molecule has 0 saturated carbocycles. The van der Waals surface area contributed by atoms with Gasteiger partial charge in [0.05, 0.1) is 0 Å². The van der Waals surface area contributed by atoms with Crippen LogP contribution in [-0.2, 0) is 0 Å². The van der Waals surface area contributed by atoms with Crippen LogP contribution >= 0.6 is 0 Å². The van der Waals surface area contributed by atoms with Crippen LogP contribution in [0, 0.1) is 0 Å². The van der Waals surface area contributed by atoms with Gasteiger partial charge in [-0.25, -0.2) is 0 Å². The molecular formula is C6H15N. The Balaban J connectivity index is -0.0000000360. The van der Waals surface area contributed by atoms with Gasteiger partial charge in [0.2, 0.25) is 0 Å². The van der Waals surface area contributed by atoms with Crippen molar-refractivity contribution in [1.82, 2.24) is 0 Å². The van der Waals surface area contributed by atoms with Crippen molar-refractivity contribution in [3.8, 4) is 0 Å². The van der Waals surface area contributed by atoms with Crippen LogP contribution in [0.15, 0.2) is 26.3 Å². The molecule has 0 aliphatic carbocycles. The van der Waals surface area contributed by atoms with Crippen LogP contribution < -0.4 is 5.73 Å². The molecule has 44 valence electrons. The van der Waals surface area contributed by atoms with Crippen LogP contribution in [0.1, 0.15) is 6.92 Å². The van der Waals surface area contributed by atoms with E-state index in [0.717, 1.165) is 6.54 Å². The minimum atomic E-state index is 0.750. The fourth-order valence-corrected chi connectivity index (χ4v) is 0. The van der Waals surface area contributed by atoms with Gasteiger partial charge in [-0.2, -0.15) is 0 Å². The molecule has 1 nitrogen and oxygen atoms in total. The molecule has 0 aliphatic rings. The monoisotopic (exact) mass is 101 g/mol. The van der Waals surface area contributed by atoms with Gasteiger partial charge in [-0.3, -0.25) is 0 Å². The molecule has 0 atom stereocenters. The Morgan fingerprint density at radius 2 is 1.14 bits per heavy atom. The molecule has 0 saturated heterocycles. The van der Waals surface area contributed by atoms with E-state index in [2.05, 4.69) is 26.3 Å². The van der Waals surface area contributed by atoms with Crippen LogP contribution in [0.2, 0.25) is 0 Å². The molecule has 2 N–H and O–H groups in total. The average molecular weight is 101 g/mol. The summed E-state index contributed by atoms with van der Waals surface area (Å²) in [4.78, 5) is 0. The molecule has 0 aliphatic heterocycles. The van der Waals surface area contributed by atoms with Crippen molar-refractivity contribution in [2.45, 2.75) is 6.92 Å². The van der Waals surface area contributed by atoms with E-state index >= 15 is 0 Å². The zero-order valence-corrected chi connectivity index (χ0v) is 5.11. The van der Waals surface area contributed by atoms with E-state index in [1.807, 2.05) is 6.92 Å². The highest BCUT2D eigenvalue weighted by atomic mass is 14.5. The first-order valence-corrected chi connectivity index (χ1v) is 2.12. The average Bonchev–Trinajstić information content (AvgIpc) is 1.78. The highest BCUT2D eigenvalue weighted by Gasteiger charge is 1.32. The Labute approximate surface area is 46.5 Å². The summed E-state index contributed by atoms with van der Waals surface area (Å²) in [6.45, 7) is 14.7. The predicted octanol–water partition coefficient (Wildman–Crippen LogP) is 1.57. The predicted molar refractivity (Wildman–Crippen MR) is 37.2 cm³/mol. The summed E-state index contributed by atoms with van der Waals surface area (Å²) < 4.78 is 0. The van der Waals surface area contributed by atoms with Gasteiger partial charge in [-0.1, -0.05) is 6.92 Å². The highest BCUT2D eigenvalue weighted by molar-refractivity contribution is 4.22. The minimum absolute atomic E-state index is 0.750. The molecule has 1 heteroatoms. The Morgan fingerprint density at radius 1 is 1.14 bits per heavy atom. The Hall–Kier alpha value is -0.560. The maximum absolute atomic E-state index is 4.85. The topological polar surface area (TPSA) is 26.0 Å². The van der Waals surface area contributed by atoms with Crippen LogP contribution in [0.4, 0.5) is 0 Å². The molecule has 0 heterocycles. The van der Waals surface area contributed by atoms with Gasteiger partial charge in [0.1, 0.15) is 0 Å². The summed E-state index contributed by atoms with van der Waals surface area (Å²) in [6.07, 6.45) is 0. The summed E-state index contributed by atoms with van der Waals surface area (Å²) in [6, 6.07) is 0. The number of nitrogens with two attached hydrogens (primary N) is 1. The summed E-state index contributed by atoms with van der Waals surface area (Å²) in [5, 5.41) is 0. The van der Waals surface area contributed by atoms with Crippen LogP contribution in [0.3, 0.4) is 0 Å². The lowest BCUT2D eigenvalue weighted by atomic mass is 10.8. The Kier molecular flexibility index (Phi) is 1270. The SMILES string of the molecule is C=C.C=C.CCN. The largest absolute Gasteiger partial charge is 0.331 e. The molecule has 0 spiro atoms. The Bertz CT molecular complexity index is 11.7. The summed E-state index contributed by atoms with van der Waals surface area (Å²) in [7, 11) is 0. The quantitative estimate of drug-likeness (QED) is 0.460. The van der Waals surface area contributed by atoms with Gasteiger partial charge in [0.25, 0.3) is 0 Å². The van der Waals surface area contributed by atoms with E-state index in [4.69, 9.17) is 5.73 Å². The van der Waals surface area contributed by atoms with Crippen molar-refractivity contribution in [2.75, 3.05) is 6.54 Å². The smallest absolute Gasteiger partial charge is 0.0106 e. The normalized spacial score (nSPS) is 3.71. The third-order valence-corrected chi connectivity index (χ3v) is 0. The molecule has 0 fully saturated rings. The standard InChI is InChI=1S/C2H7N.2C2H4/c1-2-3;2*1-2/h2-3H2,1H3;2*1-2H2. The molecule has 0 aromatic rings. The molecule has 0 bridgehead atoms. The lowest BCUT2D eigenvalue weighted by Gasteiger charge is -1.53. The van der Waals surface area contributed by atoms with Crippen molar-refractivity contribution in [1.29, 1.82) is 0 Å². The fraction of sp³-hybridized carbons (Fsp3) is 0.333. The third kappa shape index (κ3) is 205. The van der Waals surface area contributed by atoms with E-state index in [1.54, 1.807) is 0 Å². The molecule has 0 aromatic carbocycles. The number of hydrogen-bond donors (Lipinski definition) is 1. The van der Waals surface area contributed by atoms with E-state index in [-0.39, 0.29) is 0 Å². The second kappa shape index (κ2) is 554. The second-order valence-electron chi connectivity index (χ2n) is 0.408. The van der Waals surface area contributed by atoms with E-state index in [9.17, 15) is 0 Å². The van der Waals surface area contributed by atoms with Crippen molar-refractivity contribution in [3.05, 3.63) is 26.3 Å². The van der Waals surface area contributed by atoms with Gasteiger partial charge < -0.3 is 5.73 Å². The van der Waals surface area contributed by atoms with Crippen molar-refractivity contribution >= 4 is 0 Å². The summed E-state index contributed by atoms with van der Waals surface area (Å²) in [5.41, 5.74) is 4.85. The summed E-state index contributed by atoms with van der Waals surface area (Å²) in [5.74, 6) is 0. The molecular weight excluding hydrogens is 86.1 g/mol. The first-order valence-electron chi connectivity index (χ1n) is 2.12. The maximum atomic E-state index is 4.85. The molecule has 0 aromatic heterocycles. The zero-order chi connectivity index (χ0) is 6.71. The highest BCUT2D eigenvalue weighted by Crippen LogP contribution is 1.20. The second-order valence-corrected chi connectivity index (χ2v) is 0.408. The molecule has 0 amide bonds. The van der Waals surface area contributed by atoms with Gasteiger partial charge in [-0.05, 0) is 6.54 Å². The molecule has 7 heavy (non-hydrogen) atoms. The first kappa shape index (κ1) is 16.1. The van der Waals surface area contributed by atoms with Crippen molar-refractivity contribution < 1.29 is 0 Å².